The molecule has 26 heavy (non-hydrogen) atoms. The summed E-state index contributed by atoms with van der Waals surface area (Å²) in [5.41, 5.74) is 0.582. The standard InChI is InChI=1S/C19H30FN3O2.HI/c1-3-21-19(23-15-16-11-8-9-12-17(16)20)22-14-10-6-5-7-13-18(24)25-4-2;/h8-9,11-12H,3-7,10,13-15H2,1-2H3,(H2,21,22,23);1H. The van der Waals surface area contributed by atoms with Crippen LogP contribution in [0, 0.1) is 5.82 Å². The fourth-order valence-electron chi connectivity index (χ4n) is 2.32. The van der Waals surface area contributed by atoms with Gasteiger partial charge in [0.05, 0.1) is 13.2 Å². The quantitative estimate of drug-likeness (QED) is 0.166. The lowest BCUT2D eigenvalue weighted by Gasteiger charge is -2.11. The fraction of sp³-hybridized carbons (Fsp3) is 0.579. The molecule has 0 aliphatic carbocycles. The average Bonchev–Trinajstić information content (AvgIpc) is 2.60. The number of esters is 1. The van der Waals surface area contributed by atoms with Crippen LogP contribution >= 0.6 is 24.0 Å². The molecule has 0 saturated heterocycles. The number of halogens is 2. The first-order valence-electron chi connectivity index (χ1n) is 9.08. The van der Waals surface area contributed by atoms with E-state index in [1.807, 2.05) is 19.9 Å². The zero-order valence-electron chi connectivity index (χ0n) is 15.7. The van der Waals surface area contributed by atoms with Gasteiger partial charge in [0.15, 0.2) is 5.96 Å². The molecular formula is C19H31FIN3O2. The maximum absolute atomic E-state index is 13.6. The van der Waals surface area contributed by atoms with Crippen LogP contribution in [0.2, 0.25) is 0 Å². The molecular weight excluding hydrogens is 448 g/mol. The van der Waals surface area contributed by atoms with Gasteiger partial charge in [-0.05, 0) is 32.8 Å². The number of carbonyl (C=O) groups excluding carboxylic acids is 1. The molecule has 0 saturated carbocycles. The lowest BCUT2D eigenvalue weighted by atomic mass is 10.1. The van der Waals surface area contributed by atoms with E-state index in [0.29, 0.717) is 31.1 Å². The first-order chi connectivity index (χ1) is 12.2. The van der Waals surface area contributed by atoms with E-state index in [-0.39, 0.29) is 35.8 Å². The normalized spacial score (nSPS) is 10.8. The van der Waals surface area contributed by atoms with Gasteiger partial charge in [0, 0.05) is 25.1 Å². The number of aliphatic imine (C=N–C) groups is 1. The van der Waals surface area contributed by atoms with Crippen molar-refractivity contribution in [2.45, 2.75) is 52.5 Å². The summed E-state index contributed by atoms with van der Waals surface area (Å²) >= 11 is 0. The zero-order valence-corrected chi connectivity index (χ0v) is 18.1. The third kappa shape index (κ3) is 11.3. The van der Waals surface area contributed by atoms with Crippen molar-refractivity contribution >= 4 is 35.9 Å². The van der Waals surface area contributed by atoms with Gasteiger partial charge in [-0.25, -0.2) is 9.38 Å². The number of ether oxygens (including phenoxy) is 1. The molecule has 1 aromatic rings. The molecule has 0 atom stereocenters. The van der Waals surface area contributed by atoms with Gasteiger partial charge in [-0.15, -0.1) is 24.0 Å². The Morgan fingerprint density at radius 1 is 1.12 bits per heavy atom. The minimum Gasteiger partial charge on any atom is -0.466 e. The fourth-order valence-corrected chi connectivity index (χ4v) is 2.32. The number of benzene rings is 1. The minimum absolute atomic E-state index is 0. The molecule has 5 nitrogen and oxygen atoms in total. The van der Waals surface area contributed by atoms with Crippen molar-refractivity contribution in [2.75, 3.05) is 19.7 Å². The van der Waals surface area contributed by atoms with Crippen molar-refractivity contribution < 1.29 is 13.9 Å². The summed E-state index contributed by atoms with van der Waals surface area (Å²) in [5, 5.41) is 6.41. The molecule has 1 rings (SSSR count). The molecule has 0 spiro atoms. The van der Waals surface area contributed by atoms with Crippen LogP contribution in [-0.4, -0.2) is 31.6 Å². The smallest absolute Gasteiger partial charge is 0.305 e. The first-order valence-corrected chi connectivity index (χ1v) is 9.08. The van der Waals surface area contributed by atoms with Crippen molar-refractivity contribution in [1.82, 2.24) is 10.6 Å². The number of rotatable bonds is 11. The van der Waals surface area contributed by atoms with E-state index >= 15 is 0 Å². The van der Waals surface area contributed by atoms with Gasteiger partial charge in [-0.1, -0.05) is 31.0 Å². The molecule has 0 heterocycles. The van der Waals surface area contributed by atoms with Gasteiger partial charge < -0.3 is 15.4 Å². The van der Waals surface area contributed by atoms with Crippen LogP contribution in [0.1, 0.15) is 51.5 Å². The van der Waals surface area contributed by atoms with Crippen molar-refractivity contribution in [3.8, 4) is 0 Å². The average molecular weight is 479 g/mol. The second kappa shape index (κ2) is 15.8. The number of nitrogens with zero attached hydrogens (tertiary/aromatic N) is 1. The number of guanidine groups is 1. The summed E-state index contributed by atoms with van der Waals surface area (Å²) in [4.78, 5) is 15.6. The molecule has 0 aromatic heterocycles. The first kappa shape index (κ1) is 24.6. The van der Waals surface area contributed by atoms with E-state index in [1.165, 1.54) is 6.07 Å². The third-order valence-electron chi connectivity index (χ3n) is 3.62. The number of hydrogen-bond acceptors (Lipinski definition) is 3. The highest BCUT2D eigenvalue weighted by Crippen LogP contribution is 2.07. The van der Waals surface area contributed by atoms with Crippen molar-refractivity contribution in [3.63, 3.8) is 0 Å². The second-order valence-electron chi connectivity index (χ2n) is 5.68. The van der Waals surface area contributed by atoms with Crippen LogP contribution < -0.4 is 10.6 Å². The topological polar surface area (TPSA) is 62.7 Å². The summed E-state index contributed by atoms with van der Waals surface area (Å²) in [6, 6.07) is 6.67. The van der Waals surface area contributed by atoms with E-state index in [9.17, 15) is 9.18 Å². The molecule has 148 valence electrons. The van der Waals surface area contributed by atoms with Gasteiger partial charge in [0.25, 0.3) is 0 Å². The van der Waals surface area contributed by atoms with Gasteiger partial charge in [0.2, 0.25) is 0 Å². The summed E-state index contributed by atoms with van der Waals surface area (Å²) in [5.74, 6) is 0.344. The molecule has 0 aliphatic heterocycles. The predicted octanol–water partition coefficient (Wildman–Crippen LogP) is 4.01. The van der Waals surface area contributed by atoms with Crippen LogP contribution in [0.5, 0.6) is 0 Å². The summed E-state index contributed by atoms with van der Waals surface area (Å²) in [7, 11) is 0. The maximum Gasteiger partial charge on any atom is 0.305 e. The summed E-state index contributed by atoms with van der Waals surface area (Å²) in [6.45, 7) is 6.11. The van der Waals surface area contributed by atoms with Crippen LogP contribution in [0.4, 0.5) is 4.39 Å². The number of nitrogens with one attached hydrogen (secondary N) is 2. The van der Waals surface area contributed by atoms with Gasteiger partial charge in [0.1, 0.15) is 5.82 Å². The molecule has 0 amide bonds. The van der Waals surface area contributed by atoms with Gasteiger partial charge in [-0.3, -0.25) is 4.79 Å². The van der Waals surface area contributed by atoms with E-state index in [2.05, 4.69) is 15.6 Å². The maximum atomic E-state index is 13.6. The van der Waals surface area contributed by atoms with E-state index in [0.717, 1.165) is 38.8 Å². The highest BCUT2D eigenvalue weighted by Gasteiger charge is 2.02. The predicted molar refractivity (Wildman–Crippen MR) is 114 cm³/mol. The lowest BCUT2D eigenvalue weighted by molar-refractivity contribution is -0.143. The monoisotopic (exact) mass is 479 g/mol. The van der Waals surface area contributed by atoms with Gasteiger partial charge >= 0.3 is 5.97 Å². The highest BCUT2D eigenvalue weighted by atomic mass is 127. The molecule has 0 unspecified atom stereocenters. The summed E-state index contributed by atoms with van der Waals surface area (Å²) < 4.78 is 18.5. The Bertz CT molecular complexity index is 541. The van der Waals surface area contributed by atoms with Crippen LogP contribution in [0.15, 0.2) is 29.3 Å². The van der Waals surface area contributed by atoms with Crippen molar-refractivity contribution in [1.29, 1.82) is 0 Å². The summed E-state index contributed by atoms with van der Waals surface area (Å²) in [6.07, 6.45) is 4.39. The number of carbonyl (C=O) groups is 1. The van der Waals surface area contributed by atoms with Crippen LogP contribution in [0.3, 0.4) is 0 Å². The Balaban J connectivity index is 0.00000625. The minimum atomic E-state index is -0.233. The van der Waals surface area contributed by atoms with Crippen LogP contribution in [-0.2, 0) is 16.1 Å². The molecule has 0 aliphatic rings. The highest BCUT2D eigenvalue weighted by molar-refractivity contribution is 14.0. The van der Waals surface area contributed by atoms with Gasteiger partial charge in [-0.2, -0.15) is 0 Å². The second-order valence-corrected chi connectivity index (χ2v) is 5.68. The number of hydrogen-bond donors (Lipinski definition) is 2. The van der Waals surface area contributed by atoms with Crippen molar-refractivity contribution in [2.24, 2.45) is 4.99 Å². The lowest BCUT2D eigenvalue weighted by Crippen LogP contribution is -2.37. The Kier molecular flexibility index (Phi) is 15.0. The third-order valence-corrected chi connectivity index (χ3v) is 3.62. The Morgan fingerprint density at radius 3 is 2.54 bits per heavy atom. The Hall–Kier alpha value is -1.38. The SMILES string of the molecule is CCNC(=NCc1ccccc1F)NCCCCCCC(=O)OCC.I. The largest absolute Gasteiger partial charge is 0.466 e. The van der Waals surface area contributed by atoms with E-state index < -0.39 is 0 Å². The molecule has 0 radical (unpaired) electrons. The Morgan fingerprint density at radius 2 is 1.85 bits per heavy atom. The van der Waals surface area contributed by atoms with E-state index in [1.54, 1.807) is 12.1 Å². The molecule has 0 bridgehead atoms. The number of unbranched alkanes of at least 4 members (excludes halogenated alkanes) is 3. The molecule has 7 heteroatoms. The molecule has 2 N–H and O–H groups in total. The molecule has 0 fully saturated rings. The van der Waals surface area contributed by atoms with Crippen molar-refractivity contribution in [3.05, 3.63) is 35.6 Å². The molecule has 1 aromatic carbocycles. The van der Waals surface area contributed by atoms with E-state index in [4.69, 9.17) is 4.74 Å². The zero-order chi connectivity index (χ0) is 18.3. The Labute approximate surface area is 173 Å². The van der Waals surface area contributed by atoms with Crippen LogP contribution in [0.25, 0.3) is 0 Å².